The van der Waals surface area contributed by atoms with E-state index in [0.29, 0.717) is 19.5 Å². The average Bonchev–Trinajstić information content (AvgIpc) is 3.04. The molecule has 0 bridgehead atoms. The number of amidine groups is 1. The minimum Gasteiger partial charge on any atom is -0.361 e. The molecular formula is C18H18N4O3S. The number of benzene rings is 1. The summed E-state index contributed by atoms with van der Waals surface area (Å²) in [5.74, 6) is -0.172. The Morgan fingerprint density at radius 1 is 1.31 bits per heavy atom. The van der Waals surface area contributed by atoms with Crippen LogP contribution in [0.25, 0.3) is 10.9 Å². The second-order valence-corrected chi connectivity index (χ2v) is 7.94. The molecule has 134 valence electrons. The van der Waals surface area contributed by atoms with E-state index in [1.54, 1.807) is 23.3 Å². The lowest BCUT2D eigenvalue weighted by molar-refractivity contribution is -0.117. The van der Waals surface area contributed by atoms with Crippen LogP contribution in [0.4, 0.5) is 0 Å². The number of nitrogens with one attached hydrogen (secondary N) is 2. The van der Waals surface area contributed by atoms with Gasteiger partial charge < -0.3 is 15.2 Å². The number of H-pyrrole nitrogens is 1. The van der Waals surface area contributed by atoms with Gasteiger partial charge in [0.1, 0.15) is 0 Å². The third-order valence-corrected chi connectivity index (χ3v) is 5.61. The zero-order valence-electron chi connectivity index (χ0n) is 14.0. The first kappa shape index (κ1) is 16.6. The van der Waals surface area contributed by atoms with Crippen molar-refractivity contribution >= 4 is 32.7 Å². The highest BCUT2D eigenvalue weighted by atomic mass is 32.2. The van der Waals surface area contributed by atoms with Crippen molar-refractivity contribution in [2.45, 2.75) is 6.42 Å². The molecule has 7 nitrogen and oxygen atoms in total. The van der Waals surface area contributed by atoms with Gasteiger partial charge in [0, 0.05) is 36.4 Å². The maximum Gasteiger partial charge on any atom is 0.256 e. The molecule has 0 fully saturated rings. The zero-order valence-corrected chi connectivity index (χ0v) is 14.8. The topological polar surface area (TPSA) is 94.6 Å². The van der Waals surface area contributed by atoms with E-state index in [-0.39, 0.29) is 23.1 Å². The maximum absolute atomic E-state index is 12.5. The van der Waals surface area contributed by atoms with Gasteiger partial charge in [-0.2, -0.15) is 0 Å². The Morgan fingerprint density at radius 2 is 2.15 bits per heavy atom. The molecule has 0 atom stereocenters. The number of nitrogens with zero attached hydrogens (tertiary/aromatic N) is 2. The lowest BCUT2D eigenvalue weighted by Crippen LogP contribution is -2.42. The van der Waals surface area contributed by atoms with Crippen LogP contribution in [0.1, 0.15) is 5.56 Å². The summed E-state index contributed by atoms with van der Waals surface area (Å²) in [4.78, 5) is 17.4. The number of aromatic amines is 1. The molecule has 2 aromatic rings. The number of carbonyl (C=O) groups is 1. The number of fused-ring (bicyclic) bond motifs is 2. The third kappa shape index (κ3) is 3.15. The molecule has 0 unspecified atom stereocenters. The largest absolute Gasteiger partial charge is 0.361 e. The van der Waals surface area contributed by atoms with Crippen LogP contribution in [0.15, 0.2) is 58.8 Å². The monoisotopic (exact) mass is 370 g/mol. The molecule has 2 N–H and O–H groups in total. The fraction of sp³-hybridized carbons (Fsp3) is 0.222. The summed E-state index contributed by atoms with van der Waals surface area (Å²) in [6.07, 6.45) is 7.67. The van der Waals surface area contributed by atoms with Gasteiger partial charge in [-0.05, 0) is 30.2 Å². The van der Waals surface area contributed by atoms with Gasteiger partial charge in [0.15, 0.2) is 5.84 Å². The van der Waals surface area contributed by atoms with Gasteiger partial charge >= 0.3 is 0 Å². The predicted octanol–water partition coefficient (Wildman–Crippen LogP) is 1.32. The quantitative estimate of drug-likeness (QED) is 0.849. The predicted molar refractivity (Wildman–Crippen MR) is 100 cm³/mol. The van der Waals surface area contributed by atoms with Crippen LogP contribution in [-0.2, 0) is 21.2 Å². The highest BCUT2D eigenvalue weighted by Gasteiger charge is 2.29. The lowest BCUT2D eigenvalue weighted by atomic mass is 10.1. The third-order valence-electron chi connectivity index (χ3n) is 4.46. The van der Waals surface area contributed by atoms with Crippen LogP contribution >= 0.6 is 0 Å². The van der Waals surface area contributed by atoms with Crippen LogP contribution in [0, 0.1) is 0 Å². The fourth-order valence-corrected chi connectivity index (χ4v) is 4.12. The number of allylic oxidation sites excluding steroid dienone is 2. The van der Waals surface area contributed by atoms with Gasteiger partial charge in [0.25, 0.3) is 15.9 Å². The second-order valence-electron chi connectivity index (χ2n) is 6.18. The van der Waals surface area contributed by atoms with Crippen LogP contribution < -0.4 is 5.32 Å². The number of aromatic nitrogens is 1. The molecule has 2 aliphatic heterocycles. The van der Waals surface area contributed by atoms with E-state index >= 15 is 0 Å². The molecule has 1 amide bonds. The van der Waals surface area contributed by atoms with Gasteiger partial charge in [0.05, 0.1) is 11.3 Å². The molecule has 0 saturated carbocycles. The molecular weight excluding hydrogens is 352 g/mol. The fourth-order valence-electron chi connectivity index (χ4n) is 3.14. The first-order chi connectivity index (χ1) is 12.5. The van der Waals surface area contributed by atoms with E-state index in [2.05, 4.69) is 14.7 Å². The summed E-state index contributed by atoms with van der Waals surface area (Å²) in [6.45, 7) is 0.749. The van der Waals surface area contributed by atoms with Crippen molar-refractivity contribution in [3.63, 3.8) is 0 Å². The molecule has 0 spiro atoms. The number of rotatable bonds is 4. The number of para-hydroxylation sites is 1. The Morgan fingerprint density at radius 3 is 3.04 bits per heavy atom. The highest BCUT2D eigenvalue weighted by Crippen LogP contribution is 2.19. The molecule has 3 heterocycles. The summed E-state index contributed by atoms with van der Waals surface area (Å²) >= 11 is 0. The van der Waals surface area contributed by atoms with Crippen molar-refractivity contribution < 1.29 is 13.2 Å². The van der Waals surface area contributed by atoms with E-state index in [4.69, 9.17) is 0 Å². The van der Waals surface area contributed by atoms with Crippen molar-refractivity contribution in [1.82, 2.24) is 15.2 Å². The first-order valence-electron chi connectivity index (χ1n) is 8.35. The Hall–Kier alpha value is -2.87. The Labute approximate surface area is 151 Å². The molecule has 4 rings (SSSR count). The molecule has 0 saturated heterocycles. The molecule has 0 aliphatic carbocycles. The van der Waals surface area contributed by atoms with E-state index in [0.717, 1.165) is 16.5 Å². The van der Waals surface area contributed by atoms with E-state index in [1.807, 2.05) is 30.5 Å². The molecule has 8 heteroatoms. The van der Waals surface area contributed by atoms with Crippen molar-refractivity contribution in [2.75, 3.05) is 18.8 Å². The smallest absolute Gasteiger partial charge is 0.256 e. The van der Waals surface area contributed by atoms with Crippen LogP contribution in [-0.4, -0.2) is 48.9 Å². The lowest BCUT2D eigenvalue weighted by Gasteiger charge is -2.28. The summed E-state index contributed by atoms with van der Waals surface area (Å²) in [5, 5.41) is 3.99. The van der Waals surface area contributed by atoms with Gasteiger partial charge in [-0.15, -0.1) is 4.40 Å². The Balaban J connectivity index is 1.45. The number of hydrogen-bond acceptors (Lipinski definition) is 4. The number of carbonyl (C=O) groups excluding carboxylic acids is 1. The number of sulfonamides is 1. The zero-order chi connectivity index (χ0) is 18.1. The number of hydrogen-bond donors (Lipinski definition) is 2. The van der Waals surface area contributed by atoms with Crippen molar-refractivity contribution in [3.8, 4) is 0 Å². The number of amides is 1. The first-order valence-corrected chi connectivity index (χ1v) is 9.96. The summed E-state index contributed by atoms with van der Waals surface area (Å²) in [7, 11) is -3.51. The molecule has 0 radical (unpaired) electrons. The Bertz CT molecular complexity index is 1060. The maximum atomic E-state index is 12.5. The molecule has 1 aromatic carbocycles. The summed E-state index contributed by atoms with van der Waals surface area (Å²) < 4.78 is 27.3. The van der Waals surface area contributed by atoms with Gasteiger partial charge in [-0.25, -0.2) is 8.42 Å². The van der Waals surface area contributed by atoms with Crippen molar-refractivity contribution in [2.24, 2.45) is 4.40 Å². The van der Waals surface area contributed by atoms with E-state index in [9.17, 15) is 13.2 Å². The normalized spacial score (nSPS) is 18.2. The van der Waals surface area contributed by atoms with Gasteiger partial charge in [-0.1, -0.05) is 18.2 Å². The Kier molecular flexibility index (Phi) is 4.12. The molecule has 26 heavy (non-hydrogen) atoms. The van der Waals surface area contributed by atoms with Crippen molar-refractivity contribution in [1.29, 1.82) is 0 Å². The second kappa shape index (κ2) is 6.45. The molecule has 2 aliphatic rings. The van der Waals surface area contributed by atoms with Crippen molar-refractivity contribution in [3.05, 3.63) is 60.0 Å². The minimum atomic E-state index is -3.51. The van der Waals surface area contributed by atoms with E-state index < -0.39 is 10.0 Å². The van der Waals surface area contributed by atoms with E-state index in [1.165, 1.54) is 0 Å². The standard InChI is InChI=1S/C18H18N4O3S/c23-18(15-5-3-9-22-10-11-26(24,25)21-17(15)22)19-8-7-13-12-20-16-6-2-1-4-14(13)16/h1-6,9,12,20H,7-8,10-11H2,(H,19,23). The SMILES string of the molecule is O=C(NCCc1c[nH]c2ccccc12)C1=CC=CN2CCS(=O)(=O)N=C12. The van der Waals surface area contributed by atoms with Gasteiger partial charge in [0.2, 0.25) is 0 Å². The molecule has 1 aromatic heterocycles. The minimum absolute atomic E-state index is 0.0453. The highest BCUT2D eigenvalue weighted by molar-refractivity contribution is 7.90. The van der Waals surface area contributed by atoms with Crippen LogP contribution in [0.5, 0.6) is 0 Å². The van der Waals surface area contributed by atoms with Crippen LogP contribution in [0.2, 0.25) is 0 Å². The summed E-state index contributed by atoms with van der Waals surface area (Å²) in [6, 6.07) is 8.00. The average molecular weight is 370 g/mol. The van der Waals surface area contributed by atoms with Crippen LogP contribution in [0.3, 0.4) is 0 Å². The van der Waals surface area contributed by atoms with Gasteiger partial charge in [-0.3, -0.25) is 4.79 Å². The summed E-state index contributed by atoms with van der Waals surface area (Å²) in [5.41, 5.74) is 2.46.